The standard InChI is InChI=1S/C12H15NS/c1-8-2-3-12(14-8)9-4-10-6-13-7-11(10)5-9/h2-4,10-11,13H,5-7H2,1H3. The number of nitrogens with one attached hydrogen (secondary N) is 1. The highest BCUT2D eigenvalue weighted by Gasteiger charge is 2.31. The lowest BCUT2D eigenvalue weighted by Crippen LogP contribution is -2.08. The zero-order chi connectivity index (χ0) is 9.54. The third-order valence-corrected chi connectivity index (χ3v) is 4.42. The monoisotopic (exact) mass is 205 g/mol. The van der Waals surface area contributed by atoms with Crippen LogP contribution in [0.2, 0.25) is 0 Å². The molecule has 2 unspecified atom stereocenters. The SMILES string of the molecule is Cc1ccc(C2=CC3CNCC3C2)s1. The van der Waals surface area contributed by atoms with Crippen LogP contribution in [0.15, 0.2) is 18.2 Å². The molecule has 74 valence electrons. The number of aryl methyl sites for hydroxylation is 1. The van der Waals surface area contributed by atoms with Crippen LogP contribution in [0.5, 0.6) is 0 Å². The summed E-state index contributed by atoms with van der Waals surface area (Å²) in [5.41, 5.74) is 1.60. The summed E-state index contributed by atoms with van der Waals surface area (Å²) in [5.74, 6) is 1.69. The molecule has 0 saturated carbocycles. The highest BCUT2D eigenvalue weighted by atomic mass is 32.1. The number of rotatable bonds is 1. The molecule has 0 aromatic carbocycles. The molecule has 3 rings (SSSR count). The molecule has 1 fully saturated rings. The van der Waals surface area contributed by atoms with Gasteiger partial charge < -0.3 is 5.32 Å². The van der Waals surface area contributed by atoms with Crippen LogP contribution in [0.25, 0.3) is 5.57 Å². The Balaban J connectivity index is 1.87. The van der Waals surface area contributed by atoms with E-state index in [0.29, 0.717) is 0 Å². The maximum Gasteiger partial charge on any atom is 0.0302 e. The smallest absolute Gasteiger partial charge is 0.0302 e. The predicted octanol–water partition coefficient (Wildman–Crippen LogP) is 2.68. The van der Waals surface area contributed by atoms with Crippen molar-refractivity contribution in [3.63, 3.8) is 0 Å². The highest BCUT2D eigenvalue weighted by Crippen LogP contribution is 2.40. The first-order chi connectivity index (χ1) is 6.83. The predicted molar refractivity (Wildman–Crippen MR) is 61.5 cm³/mol. The second-order valence-corrected chi connectivity index (χ2v) is 5.68. The first-order valence-electron chi connectivity index (χ1n) is 5.31. The molecule has 0 radical (unpaired) electrons. The number of hydrogen-bond acceptors (Lipinski definition) is 2. The summed E-state index contributed by atoms with van der Waals surface area (Å²) in [6.07, 6.45) is 3.79. The topological polar surface area (TPSA) is 12.0 Å². The fourth-order valence-corrected chi connectivity index (χ4v) is 3.47. The Morgan fingerprint density at radius 3 is 3.00 bits per heavy atom. The molecule has 1 aliphatic heterocycles. The maximum absolute atomic E-state index is 3.46. The molecule has 2 heteroatoms. The van der Waals surface area contributed by atoms with E-state index >= 15 is 0 Å². The van der Waals surface area contributed by atoms with Gasteiger partial charge in [-0.05, 0) is 49.4 Å². The molecular formula is C12H15NS. The Labute approximate surface area is 88.8 Å². The van der Waals surface area contributed by atoms with Crippen molar-refractivity contribution in [2.24, 2.45) is 11.8 Å². The molecule has 1 nitrogen and oxygen atoms in total. The van der Waals surface area contributed by atoms with Crippen LogP contribution < -0.4 is 5.32 Å². The number of fused-ring (bicyclic) bond motifs is 1. The van der Waals surface area contributed by atoms with Gasteiger partial charge in [-0.3, -0.25) is 0 Å². The van der Waals surface area contributed by atoms with E-state index < -0.39 is 0 Å². The molecule has 1 aliphatic carbocycles. The molecule has 0 spiro atoms. The van der Waals surface area contributed by atoms with Crippen molar-refractivity contribution < 1.29 is 0 Å². The van der Waals surface area contributed by atoms with Crippen LogP contribution >= 0.6 is 11.3 Å². The lowest BCUT2D eigenvalue weighted by molar-refractivity contribution is 0.536. The fourth-order valence-electron chi connectivity index (χ4n) is 2.57. The molecule has 2 heterocycles. The molecule has 14 heavy (non-hydrogen) atoms. The third-order valence-electron chi connectivity index (χ3n) is 3.35. The van der Waals surface area contributed by atoms with Gasteiger partial charge >= 0.3 is 0 Å². The van der Waals surface area contributed by atoms with Crippen molar-refractivity contribution in [1.29, 1.82) is 0 Å². The van der Waals surface area contributed by atoms with E-state index in [0.717, 1.165) is 11.8 Å². The lowest BCUT2D eigenvalue weighted by Gasteiger charge is -2.04. The van der Waals surface area contributed by atoms with Crippen molar-refractivity contribution in [2.45, 2.75) is 13.3 Å². The van der Waals surface area contributed by atoms with E-state index in [2.05, 4.69) is 30.4 Å². The zero-order valence-electron chi connectivity index (χ0n) is 8.42. The Morgan fingerprint density at radius 2 is 2.29 bits per heavy atom. The molecule has 2 atom stereocenters. The minimum atomic E-state index is 0.812. The average molecular weight is 205 g/mol. The van der Waals surface area contributed by atoms with E-state index in [9.17, 15) is 0 Å². The summed E-state index contributed by atoms with van der Waals surface area (Å²) < 4.78 is 0. The highest BCUT2D eigenvalue weighted by molar-refractivity contribution is 7.13. The summed E-state index contributed by atoms with van der Waals surface area (Å²) in [6.45, 7) is 4.60. The summed E-state index contributed by atoms with van der Waals surface area (Å²) in [6, 6.07) is 4.51. The molecule has 1 aromatic rings. The van der Waals surface area contributed by atoms with E-state index in [4.69, 9.17) is 0 Å². The van der Waals surface area contributed by atoms with Crippen LogP contribution in [0.4, 0.5) is 0 Å². The molecular weight excluding hydrogens is 190 g/mol. The Hall–Kier alpha value is -0.600. The van der Waals surface area contributed by atoms with Crippen LogP contribution in [0, 0.1) is 18.8 Å². The van der Waals surface area contributed by atoms with Gasteiger partial charge in [0.2, 0.25) is 0 Å². The second kappa shape index (κ2) is 3.21. The minimum absolute atomic E-state index is 0.812. The quantitative estimate of drug-likeness (QED) is 0.743. The average Bonchev–Trinajstić information content (AvgIpc) is 2.75. The second-order valence-electron chi connectivity index (χ2n) is 4.39. The normalized spacial score (nSPS) is 30.5. The van der Waals surface area contributed by atoms with Crippen LogP contribution in [-0.4, -0.2) is 13.1 Å². The molecule has 1 saturated heterocycles. The molecule has 0 amide bonds. The molecule has 0 bridgehead atoms. The first kappa shape index (κ1) is 8.69. The molecule has 1 N–H and O–H groups in total. The van der Waals surface area contributed by atoms with Crippen LogP contribution in [0.1, 0.15) is 16.2 Å². The third kappa shape index (κ3) is 1.33. The number of allylic oxidation sites excluding steroid dienone is 1. The van der Waals surface area contributed by atoms with E-state index in [1.807, 2.05) is 11.3 Å². The first-order valence-corrected chi connectivity index (χ1v) is 6.13. The van der Waals surface area contributed by atoms with Crippen molar-refractivity contribution in [1.82, 2.24) is 5.32 Å². The van der Waals surface area contributed by atoms with Crippen molar-refractivity contribution in [3.05, 3.63) is 28.0 Å². The summed E-state index contributed by atoms with van der Waals surface area (Å²) in [7, 11) is 0. The van der Waals surface area contributed by atoms with E-state index in [1.165, 1.54) is 29.3 Å². The van der Waals surface area contributed by atoms with Gasteiger partial charge in [0.05, 0.1) is 0 Å². The van der Waals surface area contributed by atoms with Crippen molar-refractivity contribution >= 4 is 16.9 Å². The Morgan fingerprint density at radius 1 is 1.36 bits per heavy atom. The van der Waals surface area contributed by atoms with Crippen molar-refractivity contribution in [2.75, 3.05) is 13.1 Å². The number of thiophene rings is 1. The lowest BCUT2D eigenvalue weighted by atomic mass is 10.00. The summed E-state index contributed by atoms with van der Waals surface area (Å²) in [4.78, 5) is 2.92. The Kier molecular flexibility index (Phi) is 1.99. The fraction of sp³-hybridized carbons (Fsp3) is 0.500. The number of hydrogen-bond donors (Lipinski definition) is 1. The van der Waals surface area contributed by atoms with E-state index in [1.54, 1.807) is 5.57 Å². The van der Waals surface area contributed by atoms with Crippen LogP contribution in [0.3, 0.4) is 0 Å². The van der Waals surface area contributed by atoms with Crippen LogP contribution in [-0.2, 0) is 0 Å². The summed E-state index contributed by atoms with van der Waals surface area (Å²) >= 11 is 1.93. The van der Waals surface area contributed by atoms with Gasteiger partial charge in [-0.1, -0.05) is 6.08 Å². The summed E-state index contributed by atoms with van der Waals surface area (Å²) in [5, 5.41) is 3.46. The van der Waals surface area contributed by atoms with Gasteiger partial charge in [-0.2, -0.15) is 0 Å². The Bertz CT molecular complexity index is 377. The van der Waals surface area contributed by atoms with Gasteiger partial charge in [0.1, 0.15) is 0 Å². The van der Waals surface area contributed by atoms with Gasteiger partial charge in [-0.15, -0.1) is 11.3 Å². The van der Waals surface area contributed by atoms with E-state index in [-0.39, 0.29) is 0 Å². The van der Waals surface area contributed by atoms with Crippen molar-refractivity contribution in [3.8, 4) is 0 Å². The zero-order valence-corrected chi connectivity index (χ0v) is 9.23. The molecule has 1 aromatic heterocycles. The maximum atomic E-state index is 3.46. The van der Waals surface area contributed by atoms with Gasteiger partial charge in [0.25, 0.3) is 0 Å². The molecule has 2 aliphatic rings. The van der Waals surface area contributed by atoms with Gasteiger partial charge in [0.15, 0.2) is 0 Å². The largest absolute Gasteiger partial charge is 0.316 e. The van der Waals surface area contributed by atoms with Gasteiger partial charge in [0, 0.05) is 16.3 Å². The minimum Gasteiger partial charge on any atom is -0.316 e. The van der Waals surface area contributed by atoms with Gasteiger partial charge in [-0.25, -0.2) is 0 Å².